The van der Waals surface area contributed by atoms with Gasteiger partial charge in [0, 0.05) is 6.61 Å². The van der Waals surface area contributed by atoms with Gasteiger partial charge >= 0.3 is 0 Å². The molecule has 2 heterocycles. The van der Waals surface area contributed by atoms with Crippen molar-refractivity contribution in [1.82, 2.24) is 15.0 Å². The first-order valence-electron chi connectivity index (χ1n) is 4.69. The van der Waals surface area contributed by atoms with Crippen LogP contribution in [0.25, 0.3) is 0 Å². The minimum absolute atomic E-state index is 0.239. The summed E-state index contributed by atoms with van der Waals surface area (Å²) in [6, 6.07) is 0. The van der Waals surface area contributed by atoms with Crippen LogP contribution in [0.4, 0.5) is 5.82 Å². The molecule has 1 aromatic heterocycles. The van der Waals surface area contributed by atoms with Crippen molar-refractivity contribution in [1.29, 1.82) is 0 Å². The lowest BCUT2D eigenvalue weighted by Gasteiger charge is -2.08. The monoisotopic (exact) mass is 198 g/mol. The SMILES string of the molecule is Nc1cnn(CCOC2CCOC2)n1. The van der Waals surface area contributed by atoms with Crippen LogP contribution in [-0.4, -0.2) is 40.9 Å². The third kappa shape index (κ3) is 2.43. The van der Waals surface area contributed by atoms with Gasteiger partial charge in [0.15, 0.2) is 5.82 Å². The van der Waals surface area contributed by atoms with Gasteiger partial charge in [0.2, 0.25) is 0 Å². The van der Waals surface area contributed by atoms with Gasteiger partial charge < -0.3 is 15.2 Å². The molecule has 0 aromatic carbocycles. The molecule has 1 atom stereocenters. The highest BCUT2D eigenvalue weighted by molar-refractivity contribution is 5.19. The van der Waals surface area contributed by atoms with E-state index in [4.69, 9.17) is 15.2 Å². The molecule has 78 valence electrons. The van der Waals surface area contributed by atoms with Gasteiger partial charge in [0.25, 0.3) is 0 Å². The normalized spacial score (nSPS) is 21.6. The highest BCUT2D eigenvalue weighted by Gasteiger charge is 2.15. The Hall–Kier alpha value is -1.14. The van der Waals surface area contributed by atoms with Crippen molar-refractivity contribution >= 4 is 5.82 Å². The Bertz CT molecular complexity index is 283. The zero-order valence-electron chi connectivity index (χ0n) is 7.93. The van der Waals surface area contributed by atoms with Gasteiger partial charge in [-0.3, -0.25) is 0 Å². The number of rotatable bonds is 4. The van der Waals surface area contributed by atoms with Gasteiger partial charge in [0.1, 0.15) is 0 Å². The Balaban J connectivity index is 1.67. The quantitative estimate of drug-likeness (QED) is 0.716. The molecule has 1 saturated heterocycles. The number of nitrogen functional groups attached to an aromatic ring is 1. The molecule has 2 rings (SSSR count). The average molecular weight is 198 g/mol. The standard InChI is InChI=1S/C8H14N4O2/c9-8-5-10-12(11-8)2-4-14-7-1-3-13-6-7/h5,7H,1-4,6H2,(H2,9,11). The Morgan fingerprint density at radius 3 is 3.29 bits per heavy atom. The first-order valence-corrected chi connectivity index (χ1v) is 4.69. The maximum atomic E-state index is 5.55. The summed E-state index contributed by atoms with van der Waals surface area (Å²) in [6.45, 7) is 2.74. The van der Waals surface area contributed by atoms with Crippen molar-refractivity contribution in [3.05, 3.63) is 6.20 Å². The van der Waals surface area contributed by atoms with Crippen LogP contribution in [0.5, 0.6) is 0 Å². The molecule has 1 aliphatic heterocycles. The van der Waals surface area contributed by atoms with E-state index in [0.717, 1.165) is 13.0 Å². The number of hydrogen-bond donors (Lipinski definition) is 1. The van der Waals surface area contributed by atoms with Gasteiger partial charge in [-0.15, -0.1) is 5.10 Å². The minimum atomic E-state index is 0.239. The molecule has 1 aromatic rings. The van der Waals surface area contributed by atoms with E-state index in [1.807, 2.05) is 0 Å². The third-order valence-corrected chi connectivity index (χ3v) is 2.09. The van der Waals surface area contributed by atoms with Crippen LogP contribution < -0.4 is 5.73 Å². The molecule has 0 amide bonds. The second-order valence-corrected chi connectivity index (χ2v) is 3.22. The van der Waals surface area contributed by atoms with Crippen molar-refractivity contribution in [2.45, 2.75) is 19.1 Å². The fourth-order valence-corrected chi connectivity index (χ4v) is 1.36. The maximum Gasteiger partial charge on any atom is 0.165 e. The van der Waals surface area contributed by atoms with Gasteiger partial charge in [-0.05, 0) is 6.42 Å². The number of aromatic nitrogens is 3. The number of nitrogens with two attached hydrogens (primary N) is 1. The van der Waals surface area contributed by atoms with E-state index in [1.54, 1.807) is 0 Å². The molecule has 14 heavy (non-hydrogen) atoms. The van der Waals surface area contributed by atoms with Crippen LogP contribution in [0.2, 0.25) is 0 Å². The zero-order valence-corrected chi connectivity index (χ0v) is 7.93. The zero-order chi connectivity index (χ0) is 9.80. The summed E-state index contributed by atoms with van der Waals surface area (Å²) in [7, 11) is 0. The summed E-state index contributed by atoms with van der Waals surface area (Å²) in [6.07, 6.45) is 2.75. The molecule has 0 spiro atoms. The van der Waals surface area contributed by atoms with Crippen LogP contribution >= 0.6 is 0 Å². The van der Waals surface area contributed by atoms with Crippen molar-refractivity contribution < 1.29 is 9.47 Å². The summed E-state index contributed by atoms with van der Waals surface area (Å²) >= 11 is 0. The van der Waals surface area contributed by atoms with Crippen molar-refractivity contribution in [2.75, 3.05) is 25.6 Å². The fourth-order valence-electron chi connectivity index (χ4n) is 1.36. The maximum absolute atomic E-state index is 5.55. The predicted molar refractivity (Wildman–Crippen MR) is 49.6 cm³/mol. The van der Waals surface area contributed by atoms with Gasteiger partial charge in [-0.25, -0.2) is 0 Å². The van der Waals surface area contributed by atoms with Crippen LogP contribution in [0, 0.1) is 0 Å². The molecule has 2 N–H and O–H groups in total. The van der Waals surface area contributed by atoms with E-state index in [-0.39, 0.29) is 6.10 Å². The summed E-state index contributed by atoms with van der Waals surface area (Å²) < 4.78 is 10.7. The van der Waals surface area contributed by atoms with Gasteiger partial charge in [-0.1, -0.05) is 0 Å². The summed E-state index contributed by atoms with van der Waals surface area (Å²) in [5.41, 5.74) is 5.42. The van der Waals surface area contributed by atoms with Crippen molar-refractivity contribution in [3.8, 4) is 0 Å². The molecule has 0 bridgehead atoms. The molecule has 6 nitrogen and oxygen atoms in total. The van der Waals surface area contributed by atoms with Gasteiger partial charge in [0.05, 0.1) is 32.1 Å². The predicted octanol–water partition coefficient (Wildman–Crippen LogP) is -0.334. The lowest BCUT2D eigenvalue weighted by Crippen LogP contribution is -2.17. The van der Waals surface area contributed by atoms with E-state index >= 15 is 0 Å². The molecule has 0 radical (unpaired) electrons. The molecular weight excluding hydrogens is 184 g/mol. The van der Waals surface area contributed by atoms with E-state index < -0.39 is 0 Å². The van der Waals surface area contributed by atoms with Crippen LogP contribution in [0.15, 0.2) is 6.20 Å². The van der Waals surface area contributed by atoms with Crippen LogP contribution in [-0.2, 0) is 16.0 Å². The Labute approximate surface area is 82.0 Å². The summed E-state index contributed by atoms with van der Waals surface area (Å²) in [5.74, 6) is 0.439. The molecule has 1 fully saturated rings. The smallest absolute Gasteiger partial charge is 0.165 e. The third-order valence-electron chi connectivity index (χ3n) is 2.09. The molecule has 6 heteroatoms. The second kappa shape index (κ2) is 4.39. The lowest BCUT2D eigenvalue weighted by molar-refractivity contribution is 0.0356. The molecule has 1 aliphatic rings. The number of hydrogen-bond acceptors (Lipinski definition) is 5. The Morgan fingerprint density at radius 1 is 1.71 bits per heavy atom. The fraction of sp³-hybridized carbons (Fsp3) is 0.750. The highest BCUT2D eigenvalue weighted by atomic mass is 16.5. The number of anilines is 1. The first-order chi connectivity index (χ1) is 6.84. The summed E-state index contributed by atoms with van der Waals surface area (Å²) in [4.78, 5) is 1.53. The topological polar surface area (TPSA) is 75.2 Å². The molecule has 1 unspecified atom stereocenters. The second-order valence-electron chi connectivity index (χ2n) is 3.22. The van der Waals surface area contributed by atoms with Crippen molar-refractivity contribution in [3.63, 3.8) is 0 Å². The van der Waals surface area contributed by atoms with Gasteiger partial charge in [-0.2, -0.15) is 9.90 Å². The average Bonchev–Trinajstić information content (AvgIpc) is 2.77. The van der Waals surface area contributed by atoms with Crippen LogP contribution in [0.3, 0.4) is 0 Å². The molecule has 0 aliphatic carbocycles. The molecular formula is C8H14N4O2. The van der Waals surface area contributed by atoms with Crippen LogP contribution in [0.1, 0.15) is 6.42 Å². The number of nitrogens with zero attached hydrogens (tertiary/aromatic N) is 3. The Morgan fingerprint density at radius 2 is 2.64 bits per heavy atom. The highest BCUT2D eigenvalue weighted by Crippen LogP contribution is 2.07. The first kappa shape index (κ1) is 9.42. The lowest BCUT2D eigenvalue weighted by atomic mass is 10.3. The van der Waals surface area contributed by atoms with Crippen molar-refractivity contribution in [2.24, 2.45) is 0 Å². The Kier molecular flexibility index (Phi) is 2.95. The molecule has 0 saturated carbocycles. The minimum Gasteiger partial charge on any atom is -0.381 e. The van der Waals surface area contributed by atoms with E-state index in [0.29, 0.717) is 25.6 Å². The van der Waals surface area contributed by atoms with E-state index in [9.17, 15) is 0 Å². The summed E-state index contributed by atoms with van der Waals surface area (Å²) in [5, 5.41) is 7.90. The van der Waals surface area contributed by atoms with E-state index in [1.165, 1.54) is 11.0 Å². The number of ether oxygens (including phenoxy) is 2. The van der Waals surface area contributed by atoms with E-state index in [2.05, 4.69) is 10.2 Å². The largest absolute Gasteiger partial charge is 0.381 e.